The minimum atomic E-state index is -0.704. The Hall–Kier alpha value is -3.14. The molecule has 3 aromatic rings. The summed E-state index contributed by atoms with van der Waals surface area (Å²) in [5.74, 6) is 0.162. The van der Waals surface area contributed by atoms with Gasteiger partial charge in [-0.25, -0.2) is 5.43 Å². The molecule has 0 atom stereocenters. The molecule has 3 aromatic carbocycles. The fraction of sp³-hybridized carbons (Fsp3) is 0.0909. The molecular formula is C22H16BrCl2N3O5. The number of amides is 1. The Morgan fingerprint density at radius 1 is 1.21 bits per heavy atom. The second-order valence-corrected chi connectivity index (χ2v) is 8.23. The van der Waals surface area contributed by atoms with Crippen LogP contribution in [0.5, 0.6) is 11.5 Å². The molecule has 0 spiro atoms. The molecule has 0 saturated heterocycles. The van der Waals surface area contributed by atoms with Crippen molar-refractivity contribution >= 4 is 56.9 Å². The van der Waals surface area contributed by atoms with Crippen LogP contribution in [0.15, 0.2) is 64.2 Å². The lowest BCUT2D eigenvalue weighted by atomic mass is 10.2. The average Bonchev–Trinajstić information content (AvgIpc) is 2.79. The predicted octanol–water partition coefficient (Wildman–Crippen LogP) is 6.02. The molecule has 0 aliphatic rings. The van der Waals surface area contributed by atoms with Gasteiger partial charge in [-0.05, 0) is 51.8 Å². The van der Waals surface area contributed by atoms with Crippen LogP contribution in [-0.2, 0) is 6.61 Å². The summed E-state index contributed by atoms with van der Waals surface area (Å²) in [6.07, 6.45) is 1.37. The number of ether oxygens (including phenoxy) is 2. The van der Waals surface area contributed by atoms with E-state index in [1.807, 2.05) is 0 Å². The first kappa shape index (κ1) is 24.5. The van der Waals surface area contributed by atoms with E-state index in [2.05, 4.69) is 26.5 Å². The van der Waals surface area contributed by atoms with Gasteiger partial charge in [0.2, 0.25) is 0 Å². The fourth-order valence-corrected chi connectivity index (χ4v) is 3.83. The molecule has 33 heavy (non-hydrogen) atoms. The van der Waals surface area contributed by atoms with Crippen LogP contribution in [0.25, 0.3) is 0 Å². The molecule has 1 N–H and O–H groups in total. The topological polar surface area (TPSA) is 103 Å². The number of methoxy groups -OCH3 is 1. The number of nitro benzene ring substituents is 1. The summed E-state index contributed by atoms with van der Waals surface area (Å²) in [4.78, 5) is 22.7. The number of para-hydroxylation sites is 1. The summed E-state index contributed by atoms with van der Waals surface area (Å²) < 4.78 is 11.9. The van der Waals surface area contributed by atoms with Gasteiger partial charge in [0.1, 0.15) is 12.2 Å². The van der Waals surface area contributed by atoms with Crippen LogP contribution >= 0.6 is 39.1 Å². The highest BCUT2D eigenvalue weighted by molar-refractivity contribution is 9.10. The standard InChI is InChI=1S/C22H16BrCl2N3O5/c1-32-20-9-13(11-26-27-22(29)16-4-2-3-5-19(16)28(30)31)8-17(23)21(20)33-12-14-6-7-15(24)10-18(14)25/h2-11H,12H2,1H3,(H,27,29)/b26-11-. The molecule has 0 radical (unpaired) electrons. The highest BCUT2D eigenvalue weighted by Crippen LogP contribution is 2.37. The van der Waals surface area contributed by atoms with Crippen LogP contribution in [0, 0.1) is 10.1 Å². The molecule has 170 valence electrons. The van der Waals surface area contributed by atoms with Crippen molar-refractivity contribution in [2.24, 2.45) is 5.10 Å². The van der Waals surface area contributed by atoms with E-state index in [1.54, 1.807) is 30.3 Å². The van der Waals surface area contributed by atoms with E-state index >= 15 is 0 Å². The summed E-state index contributed by atoms with van der Waals surface area (Å²) in [5, 5.41) is 16.0. The average molecular weight is 553 g/mol. The van der Waals surface area contributed by atoms with Gasteiger partial charge in [0.25, 0.3) is 11.6 Å². The molecule has 1 amide bonds. The zero-order chi connectivity index (χ0) is 24.0. The maximum absolute atomic E-state index is 12.3. The van der Waals surface area contributed by atoms with Gasteiger partial charge < -0.3 is 9.47 Å². The number of nitrogens with one attached hydrogen (secondary N) is 1. The molecule has 3 rings (SSSR count). The van der Waals surface area contributed by atoms with E-state index in [4.69, 9.17) is 32.7 Å². The van der Waals surface area contributed by atoms with Gasteiger partial charge in [-0.3, -0.25) is 14.9 Å². The molecule has 11 heteroatoms. The summed E-state index contributed by atoms with van der Waals surface area (Å²) in [6, 6.07) is 14.1. The molecule has 0 aromatic heterocycles. The van der Waals surface area contributed by atoms with Gasteiger partial charge in [0, 0.05) is 21.7 Å². The highest BCUT2D eigenvalue weighted by atomic mass is 79.9. The van der Waals surface area contributed by atoms with Gasteiger partial charge in [0.05, 0.1) is 22.7 Å². The van der Waals surface area contributed by atoms with E-state index in [0.717, 1.165) is 5.56 Å². The number of nitro groups is 1. The fourth-order valence-electron chi connectivity index (χ4n) is 2.79. The van der Waals surface area contributed by atoms with Crippen LogP contribution < -0.4 is 14.9 Å². The van der Waals surface area contributed by atoms with Crippen molar-refractivity contribution in [1.29, 1.82) is 0 Å². The van der Waals surface area contributed by atoms with E-state index < -0.39 is 10.8 Å². The van der Waals surface area contributed by atoms with Crippen LogP contribution in [0.1, 0.15) is 21.5 Å². The molecule has 0 aliphatic carbocycles. The van der Waals surface area contributed by atoms with E-state index in [9.17, 15) is 14.9 Å². The maximum Gasteiger partial charge on any atom is 0.282 e. The van der Waals surface area contributed by atoms with Gasteiger partial charge in [0.15, 0.2) is 11.5 Å². The molecule has 0 heterocycles. The van der Waals surface area contributed by atoms with Crippen LogP contribution in [0.3, 0.4) is 0 Å². The van der Waals surface area contributed by atoms with Crippen LogP contribution in [-0.4, -0.2) is 24.2 Å². The third-order valence-electron chi connectivity index (χ3n) is 4.36. The molecule has 8 nitrogen and oxygen atoms in total. The Morgan fingerprint density at radius 2 is 1.97 bits per heavy atom. The number of nitrogens with zero attached hydrogens (tertiary/aromatic N) is 2. The third-order valence-corrected chi connectivity index (χ3v) is 5.54. The van der Waals surface area contributed by atoms with E-state index in [-0.39, 0.29) is 17.9 Å². The Balaban J connectivity index is 1.73. The van der Waals surface area contributed by atoms with Crippen molar-refractivity contribution in [2.45, 2.75) is 6.61 Å². The predicted molar refractivity (Wildman–Crippen MR) is 130 cm³/mol. The number of carbonyl (C=O) groups excluding carboxylic acids is 1. The Kier molecular flexibility index (Phi) is 8.26. The first-order valence-corrected chi connectivity index (χ1v) is 10.9. The lowest BCUT2D eigenvalue weighted by molar-refractivity contribution is -0.385. The number of hydrogen-bond acceptors (Lipinski definition) is 6. The highest BCUT2D eigenvalue weighted by Gasteiger charge is 2.18. The van der Waals surface area contributed by atoms with Crippen molar-refractivity contribution in [3.05, 3.63) is 95.9 Å². The first-order chi connectivity index (χ1) is 15.8. The van der Waals surface area contributed by atoms with Crippen molar-refractivity contribution in [3.8, 4) is 11.5 Å². The van der Waals surface area contributed by atoms with Gasteiger partial charge in [-0.1, -0.05) is 41.4 Å². The number of carbonyl (C=O) groups is 1. The third kappa shape index (κ3) is 6.22. The number of benzene rings is 3. The zero-order valence-corrected chi connectivity index (χ0v) is 20.1. The molecular weight excluding hydrogens is 537 g/mol. The minimum Gasteiger partial charge on any atom is -0.493 e. The van der Waals surface area contributed by atoms with E-state index in [0.29, 0.717) is 31.6 Å². The summed E-state index contributed by atoms with van der Waals surface area (Å²) in [6.45, 7) is 0.185. The van der Waals surface area contributed by atoms with Gasteiger partial charge in [-0.2, -0.15) is 5.10 Å². The number of rotatable bonds is 8. The normalized spacial score (nSPS) is 10.8. The molecule has 0 aliphatic heterocycles. The van der Waals surface area contributed by atoms with Crippen molar-refractivity contribution in [2.75, 3.05) is 7.11 Å². The Labute approximate surface area is 207 Å². The van der Waals surface area contributed by atoms with Crippen LogP contribution in [0.4, 0.5) is 5.69 Å². The molecule has 0 bridgehead atoms. The quantitative estimate of drug-likeness (QED) is 0.209. The Bertz CT molecular complexity index is 1240. The summed E-state index contributed by atoms with van der Waals surface area (Å²) in [5.41, 5.74) is 3.21. The number of halogens is 3. The SMILES string of the molecule is COc1cc(/C=N\NC(=O)c2ccccc2[N+](=O)[O-])cc(Br)c1OCc1ccc(Cl)cc1Cl. The monoisotopic (exact) mass is 551 g/mol. The second-order valence-electron chi connectivity index (χ2n) is 6.53. The zero-order valence-electron chi connectivity index (χ0n) is 17.1. The minimum absolute atomic E-state index is 0.0944. The van der Waals surface area contributed by atoms with E-state index in [1.165, 1.54) is 37.6 Å². The number of hydrogen-bond donors (Lipinski definition) is 1. The summed E-state index contributed by atoms with van der Waals surface area (Å²) >= 11 is 15.6. The number of hydrazone groups is 1. The van der Waals surface area contributed by atoms with Crippen molar-refractivity contribution < 1.29 is 19.2 Å². The van der Waals surface area contributed by atoms with Crippen molar-refractivity contribution in [3.63, 3.8) is 0 Å². The maximum atomic E-state index is 12.3. The van der Waals surface area contributed by atoms with Crippen molar-refractivity contribution in [1.82, 2.24) is 5.43 Å². The first-order valence-electron chi connectivity index (χ1n) is 9.31. The van der Waals surface area contributed by atoms with Gasteiger partial charge in [-0.15, -0.1) is 0 Å². The second kappa shape index (κ2) is 11.1. The van der Waals surface area contributed by atoms with Gasteiger partial charge >= 0.3 is 0 Å². The summed E-state index contributed by atoms with van der Waals surface area (Å²) in [7, 11) is 1.49. The lowest BCUT2D eigenvalue weighted by Gasteiger charge is -2.14. The molecule has 0 fully saturated rings. The smallest absolute Gasteiger partial charge is 0.282 e. The lowest BCUT2D eigenvalue weighted by Crippen LogP contribution is -2.18. The molecule has 0 saturated carbocycles. The van der Waals surface area contributed by atoms with Crippen LogP contribution in [0.2, 0.25) is 10.0 Å². The molecule has 0 unspecified atom stereocenters. The Morgan fingerprint density at radius 3 is 2.67 bits per heavy atom. The largest absolute Gasteiger partial charge is 0.493 e.